The van der Waals surface area contributed by atoms with Gasteiger partial charge in [0, 0.05) is 0 Å². The first-order valence-electron chi connectivity index (χ1n) is 9.30. The lowest BCUT2D eigenvalue weighted by Gasteiger charge is -2.31. The van der Waals surface area contributed by atoms with Crippen LogP contribution in [0.1, 0.15) is 61.9 Å². The zero-order valence-electron chi connectivity index (χ0n) is 15.9. The molecule has 2 aromatic rings. The van der Waals surface area contributed by atoms with E-state index in [1.54, 1.807) is 0 Å². The summed E-state index contributed by atoms with van der Waals surface area (Å²) in [5, 5.41) is 6.31. The molecule has 2 N–H and O–H groups in total. The topological polar surface area (TPSA) is 41.1 Å². The normalized spacial score (nSPS) is 16.5. The number of benzene rings is 2. The Labute approximate surface area is 156 Å². The fourth-order valence-electron chi connectivity index (χ4n) is 3.63. The average molecular weight is 348 g/mol. The Balaban J connectivity index is 1.72. The molecule has 1 aliphatic carbocycles. The summed E-state index contributed by atoms with van der Waals surface area (Å²) < 4.78 is 0. The fraction of sp³-hybridized carbons (Fsp3) is 0.348. The van der Waals surface area contributed by atoms with Gasteiger partial charge >= 0.3 is 6.03 Å². The van der Waals surface area contributed by atoms with E-state index in [-0.39, 0.29) is 12.1 Å². The highest BCUT2D eigenvalue weighted by Crippen LogP contribution is 2.30. The molecular weight excluding hydrogens is 320 g/mol. The first kappa shape index (κ1) is 18.2. The summed E-state index contributed by atoms with van der Waals surface area (Å²) in [6.45, 7) is 10.1. The highest BCUT2D eigenvalue weighted by Gasteiger charge is 2.26. The number of hydrogen-bond acceptors (Lipinski definition) is 1. The lowest BCUT2D eigenvalue weighted by atomic mass is 9.88. The van der Waals surface area contributed by atoms with E-state index in [4.69, 9.17) is 0 Å². The quantitative estimate of drug-likeness (QED) is 0.770. The van der Waals surface area contributed by atoms with Crippen LogP contribution in [0.3, 0.4) is 0 Å². The van der Waals surface area contributed by atoms with Crippen molar-refractivity contribution in [3.8, 4) is 0 Å². The number of aryl methyl sites for hydroxylation is 1. The van der Waals surface area contributed by atoms with Crippen LogP contribution < -0.4 is 10.6 Å². The van der Waals surface area contributed by atoms with Crippen molar-refractivity contribution in [3.05, 3.63) is 77.4 Å². The van der Waals surface area contributed by atoms with E-state index in [0.29, 0.717) is 0 Å². The summed E-state index contributed by atoms with van der Waals surface area (Å²) in [5.41, 5.74) is 5.31. The highest BCUT2D eigenvalue weighted by atomic mass is 16.2. The molecule has 3 nitrogen and oxygen atoms in total. The largest absolute Gasteiger partial charge is 0.331 e. The van der Waals surface area contributed by atoms with Gasteiger partial charge in [-0.1, -0.05) is 54.6 Å². The molecule has 136 valence electrons. The standard InChI is InChI=1S/C23H28N2O/c1-16(2)18-11-7-12-19(15-18)23(3,4)25-22(26)24-21-14-8-10-17-9-5-6-13-20(17)21/h5-7,9,11-13,15,21H,1,8,10,14H2,2-4H3,(H2,24,25,26)/t21-/m1/s1. The maximum absolute atomic E-state index is 12.7. The summed E-state index contributed by atoms with van der Waals surface area (Å²) in [6, 6.07) is 16.5. The van der Waals surface area contributed by atoms with Gasteiger partial charge in [0.1, 0.15) is 0 Å². The lowest BCUT2D eigenvalue weighted by Crippen LogP contribution is -2.47. The van der Waals surface area contributed by atoms with Crippen LogP contribution in [0.4, 0.5) is 4.79 Å². The van der Waals surface area contributed by atoms with E-state index in [9.17, 15) is 4.79 Å². The van der Waals surface area contributed by atoms with Gasteiger partial charge in [-0.15, -0.1) is 0 Å². The zero-order valence-corrected chi connectivity index (χ0v) is 15.9. The van der Waals surface area contributed by atoms with Gasteiger partial charge in [-0.3, -0.25) is 0 Å². The molecule has 0 bridgehead atoms. The molecule has 0 saturated heterocycles. The maximum atomic E-state index is 12.7. The lowest BCUT2D eigenvalue weighted by molar-refractivity contribution is 0.224. The molecule has 3 rings (SSSR count). The average Bonchev–Trinajstić information content (AvgIpc) is 2.61. The predicted octanol–water partition coefficient (Wildman–Crippen LogP) is 5.33. The molecule has 0 aliphatic heterocycles. The number of carbonyl (C=O) groups excluding carboxylic acids is 1. The number of allylic oxidation sites excluding steroid dienone is 1. The Morgan fingerprint density at radius 3 is 2.69 bits per heavy atom. The van der Waals surface area contributed by atoms with Crippen molar-refractivity contribution in [3.63, 3.8) is 0 Å². The van der Waals surface area contributed by atoms with Crippen LogP contribution in [-0.2, 0) is 12.0 Å². The third-order valence-electron chi connectivity index (χ3n) is 5.18. The SMILES string of the molecule is C=C(C)c1cccc(C(C)(C)NC(=O)N[C@@H]2CCCc3ccccc32)c1. The molecule has 26 heavy (non-hydrogen) atoms. The predicted molar refractivity (Wildman–Crippen MR) is 108 cm³/mol. The number of hydrogen-bond donors (Lipinski definition) is 2. The Bertz CT molecular complexity index is 822. The second-order valence-corrected chi connectivity index (χ2v) is 7.73. The molecule has 1 aliphatic rings. The second-order valence-electron chi connectivity index (χ2n) is 7.73. The van der Waals surface area contributed by atoms with Crippen molar-refractivity contribution in [2.45, 2.75) is 51.6 Å². The van der Waals surface area contributed by atoms with Gasteiger partial charge in [-0.05, 0) is 68.4 Å². The third-order valence-corrected chi connectivity index (χ3v) is 5.18. The molecule has 2 amide bonds. The monoisotopic (exact) mass is 348 g/mol. The van der Waals surface area contributed by atoms with Crippen molar-refractivity contribution in [1.29, 1.82) is 0 Å². The summed E-state index contributed by atoms with van der Waals surface area (Å²) in [6.07, 6.45) is 3.18. The first-order valence-corrected chi connectivity index (χ1v) is 9.30. The van der Waals surface area contributed by atoms with E-state index >= 15 is 0 Å². The van der Waals surface area contributed by atoms with E-state index in [0.717, 1.165) is 36.0 Å². The van der Waals surface area contributed by atoms with Gasteiger partial charge in [-0.2, -0.15) is 0 Å². The van der Waals surface area contributed by atoms with Crippen LogP contribution in [0.2, 0.25) is 0 Å². The van der Waals surface area contributed by atoms with Crippen molar-refractivity contribution in [2.75, 3.05) is 0 Å². The van der Waals surface area contributed by atoms with Crippen LogP contribution in [0, 0.1) is 0 Å². The first-order chi connectivity index (χ1) is 12.4. The van der Waals surface area contributed by atoms with E-state index in [1.165, 1.54) is 11.1 Å². The van der Waals surface area contributed by atoms with E-state index in [1.807, 2.05) is 45.0 Å². The van der Waals surface area contributed by atoms with Gasteiger partial charge in [0.15, 0.2) is 0 Å². The second kappa shape index (κ2) is 7.36. The van der Waals surface area contributed by atoms with Gasteiger partial charge in [0.05, 0.1) is 11.6 Å². The Hall–Kier alpha value is -2.55. The molecule has 0 radical (unpaired) electrons. The van der Waals surface area contributed by atoms with E-state index in [2.05, 4.69) is 41.5 Å². The zero-order chi connectivity index (χ0) is 18.7. The molecule has 0 spiro atoms. The third kappa shape index (κ3) is 3.98. The number of amides is 2. The van der Waals surface area contributed by atoms with Crippen LogP contribution >= 0.6 is 0 Å². The van der Waals surface area contributed by atoms with Crippen LogP contribution in [0.5, 0.6) is 0 Å². The van der Waals surface area contributed by atoms with Gasteiger partial charge in [-0.25, -0.2) is 4.79 Å². The minimum Gasteiger partial charge on any atom is -0.331 e. The molecule has 0 saturated carbocycles. The number of rotatable bonds is 4. The van der Waals surface area contributed by atoms with Crippen molar-refractivity contribution >= 4 is 11.6 Å². The molecule has 1 atom stereocenters. The number of nitrogens with one attached hydrogen (secondary N) is 2. The van der Waals surface area contributed by atoms with Gasteiger partial charge < -0.3 is 10.6 Å². The summed E-state index contributed by atoms with van der Waals surface area (Å²) in [7, 11) is 0. The Kier molecular flexibility index (Phi) is 5.17. The molecular formula is C23H28N2O. The minimum atomic E-state index is -0.469. The molecule has 0 fully saturated rings. The summed E-state index contributed by atoms with van der Waals surface area (Å²) in [5.74, 6) is 0. The number of carbonyl (C=O) groups is 1. The molecule has 0 aromatic heterocycles. The Morgan fingerprint density at radius 2 is 1.92 bits per heavy atom. The minimum absolute atomic E-state index is 0.0810. The summed E-state index contributed by atoms with van der Waals surface area (Å²) in [4.78, 5) is 12.7. The smallest absolute Gasteiger partial charge is 0.315 e. The fourth-order valence-corrected chi connectivity index (χ4v) is 3.63. The highest BCUT2D eigenvalue weighted by molar-refractivity contribution is 5.76. The van der Waals surface area contributed by atoms with Crippen LogP contribution in [0.15, 0.2) is 55.1 Å². The summed E-state index contributed by atoms with van der Waals surface area (Å²) >= 11 is 0. The number of urea groups is 1. The molecule has 3 heteroatoms. The number of fused-ring (bicyclic) bond motifs is 1. The van der Waals surface area contributed by atoms with Gasteiger partial charge in [0.2, 0.25) is 0 Å². The Morgan fingerprint density at radius 1 is 1.15 bits per heavy atom. The molecule has 0 unspecified atom stereocenters. The van der Waals surface area contributed by atoms with E-state index < -0.39 is 5.54 Å². The van der Waals surface area contributed by atoms with Crippen LogP contribution in [-0.4, -0.2) is 6.03 Å². The molecule has 0 heterocycles. The van der Waals surface area contributed by atoms with Crippen molar-refractivity contribution in [2.24, 2.45) is 0 Å². The maximum Gasteiger partial charge on any atom is 0.315 e. The van der Waals surface area contributed by atoms with Crippen molar-refractivity contribution < 1.29 is 4.79 Å². The van der Waals surface area contributed by atoms with Crippen LogP contribution in [0.25, 0.3) is 5.57 Å². The molecule has 2 aromatic carbocycles. The van der Waals surface area contributed by atoms with Crippen molar-refractivity contribution in [1.82, 2.24) is 10.6 Å². The van der Waals surface area contributed by atoms with Gasteiger partial charge in [0.25, 0.3) is 0 Å².